The molecule has 1 saturated carbocycles. The number of halogens is 1. The van der Waals surface area contributed by atoms with Crippen molar-refractivity contribution in [2.24, 2.45) is 17.6 Å². The lowest BCUT2D eigenvalue weighted by Crippen LogP contribution is -2.30. The van der Waals surface area contributed by atoms with E-state index < -0.39 is 5.82 Å². The Labute approximate surface area is 124 Å². The molecule has 2 rings (SSSR count). The maximum absolute atomic E-state index is 13.4. The van der Waals surface area contributed by atoms with Gasteiger partial charge in [-0.2, -0.15) is 0 Å². The zero-order chi connectivity index (χ0) is 15.4. The molecule has 5 heteroatoms. The van der Waals surface area contributed by atoms with E-state index in [0.29, 0.717) is 18.0 Å². The third-order valence-electron chi connectivity index (χ3n) is 3.86. The van der Waals surface area contributed by atoms with Crippen molar-refractivity contribution in [3.05, 3.63) is 24.0 Å². The van der Waals surface area contributed by atoms with Crippen LogP contribution in [0, 0.1) is 17.7 Å². The van der Waals surface area contributed by atoms with Crippen LogP contribution in [0.2, 0.25) is 0 Å². The number of amides is 1. The third-order valence-corrected chi connectivity index (χ3v) is 3.86. The molecule has 1 aliphatic rings. The number of rotatable bonds is 5. The SMILES string of the molecule is CC(C)Oc1ccc(F)cc1NC(=O)[C@@H]1CCC[C@@H]1CN. The molecular formula is C16H23FN2O2. The fourth-order valence-corrected chi connectivity index (χ4v) is 2.85. The second-order valence-electron chi connectivity index (χ2n) is 5.83. The van der Waals surface area contributed by atoms with Gasteiger partial charge in [-0.05, 0) is 51.3 Å². The molecule has 0 aromatic heterocycles. The highest BCUT2D eigenvalue weighted by molar-refractivity contribution is 5.94. The number of nitrogens with two attached hydrogens (primary N) is 1. The van der Waals surface area contributed by atoms with Gasteiger partial charge in [-0.1, -0.05) is 6.42 Å². The van der Waals surface area contributed by atoms with Crippen molar-refractivity contribution in [2.75, 3.05) is 11.9 Å². The van der Waals surface area contributed by atoms with Gasteiger partial charge >= 0.3 is 0 Å². The summed E-state index contributed by atoms with van der Waals surface area (Å²) in [7, 11) is 0. The van der Waals surface area contributed by atoms with E-state index in [1.807, 2.05) is 13.8 Å². The number of benzene rings is 1. The molecule has 1 aromatic rings. The Morgan fingerprint density at radius 3 is 2.90 bits per heavy atom. The Morgan fingerprint density at radius 2 is 2.24 bits per heavy atom. The average molecular weight is 294 g/mol. The van der Waals surface area contributed by atoms with Gasteiger partial charge in [0.15, 0.2) is 0 Å². The van der Waals surface area contributed by atoms with Crippen molar-refractivity contribution in [2.45, 2.75) is 39.2 Å². The molecule has 1 amide bonds. The van der Waals surface area contributed by atoms with Gasteiger partial charge in [-0.3, -0.25) is 4.79 Å². The summed E-state index contributed by atoms with van der Waals surface area (Å²) in [5, 5.41) is 2.80. The van der Waals surface area contributed by atoms with Crippen molar-refractivity contribution in [3.8, 4) is 5.75 Å². The van der Waals surface area contributed by atoms with Crippen LogP contribution in [0.5, 0.6) is 5.75 Å². The van der Waals surface area contributed by atoms with Gasteiger partial charge in [-0.25, -0.2) is 4.39 Å². The Hall–Kier alpha value is -1.62. The molecule has 1 aromatic carbocycles. The number of carbonyl (C=O) groups is 1. The van der Waals surface area contributed by atoms with Crippen molar-refractivity contribution in [3.63, 3.8) is 0 Å². The molecule has 0 bridgehead atoms. The van der Waals surface area contributed by atoms with Crippen molar-refractivity contribution in [1.29, 1.82) is 0 Å². The van der Waals surface area contributed by atoms with E-state index >= 15 is 0 Å². The molecule has 0 heterocycles. The molecule has 116 valence electrons. The molecule has 1 fully saturated rings. The fourth-order valence-electron chi connectivity index (χ4n) is 2.85. The van der Waals surface area contributed by atoms with E-state index in [1.165, 1.54) is 12.1 Å². The number of nitrogens with one attached hydrogen (secondary N) is 1. The summed E-state index contributed by atoms with van der Waals surface area (Å²) in [4.78, 5) is 12.4. The summed E-state index contributed by atoms with van der Waals surface area (Å²) in [5.74, 6) is 0.116. The molecule has 0 spiro atoms. The molecule has 0 unspecified atom stereocenters. The maximum atomic E-state index is 13.4. The zero-order valence-corrected chi connectivity index (χ0v) is 12.6. The molecule has 1 aliphatic carbocycles. The first kappa shape index (κ1) is 15.8. The molecule has 2 atom stereocenters. The number of anilines is 1. The Kier molecular flexibility index (Phi) is 5.17. The summed E-state index contributed by atoms with van der Waals surface area (Å²) in [6.45, 7) is 4.28. The van der Waals surface area contributed by atoms with E-state index in [4.69, 9.17) is 10.5 Å². The van der Waals surface area contributed by atoms with E-state index in [0.717, 1.165) is 19.3 Å². The highest BCUT2D eigenvalue weighted by atomic mass is 19.1. The Balaban J connectivity index is 2.14. The van der Waals surface area contributed by atoms with Crippen molar-refractivity contribution in [1.82, 2.24) is 0 Å². The van der Waals surface area contributed by atoms with Gasteiger partial charge in [0.1, 0.15) is 11.6 Å². The minimum Gasteiger partial charge on any atom is -0.489 e. The van der Waals surface area contributed by atoms with Crippen LogP contribution < -0.4 is 15.8 Å². The van der Waals surface area contributed by atoms with Crippen LogP contribution >= 0.6 is 0 Å². The lowest BCUT2D eigenvalue weighted by atomic mass is 9.95. The number of carbonyl (C=O) groups excluding carboxylic acids is 1. The molecule has 21 heavy (non-hydrogen) atoms. The monoisotopic (exact) mass is 294 g/mol. The summed E-state index contributed by atoms with van der Waals surface area (Å²) in [6.07, 6.45) is 2.78. The molecule has 0 radical (unpaired) electrons. The van der Waals surface area contributed by atoms with Gasteiger partial charge in [-0.15, -0.1) is 0 Å². The minimum absolute atomic E-state index is 0.0469. The van der Waals surface area contributed by atoms with Gasteiger partial charge in [0, 0.05) is 12.0 Å². The first-order valence-electron chi connectivity index (χ1n) is 7.48. The van der Waals surface area contributed by atoms with Crippen LogP contribution in [0.25, 0.3) is 0 Å². The van der Waals surface area contributed by atoms with E-state index in [2.05, 4.69) is 5.32 Å². The fraction of sp³-hybridized carbons (Fsp3) is 0.562. The number of hydrogen-bond donors (Lipinski definition) is 2. The van der Waals surface area contributed by atoms with Crippen LogP contribution in [0.15, 0.2) is 18.2 Å². The van der Waals surface area contributed by atoms with E-state index in [-0.39, 0.29) is 23.8 Å². The second kappa shape index (κ2) is 6.89. The number of hydrogen-bond acceptors (Lipinski definition) is 3. The predicted molar refractivity (Wildman–Crippen MR) is 80.7 cm³/mol. The summed E-state index contributed by atoms with van der Waals surface area (Å²) in [6, 6.07) is 4.16. The Bertz CT molecular complexity index is 505. The van der Waals surface area contributed by atoms with E-state index in [1.54, 1.807) is 6.07 Å². The van der Waals surface area contributed by atoms with Gasteiger partial charge in [0.25, 0.3) is 0 Å². The molecular weight excluding hydrogens is 271 g/mol. The third kappa shape index (κ3) is 3.94. The van der Waals surface area contributed by atoms with Crippen LogP contribution in [0.4, 0.5) is 10.1 Å². The lowest BCUT2D eigenvalue weighted by molar-refractivity contribution is -0.120. The van der Waals surface area contributed by atoms with Crippen molar-refractivity contribution < 1.29 is 13.9 Å². The van der Waals surface area contributed by atoms with Gasteiger partial charge in [0.05, 0.1) is 11.8 Å². The normalized spacial score (nSPS) is 21.6. The summed E-state index contributed by atoms with van der Waals surface area (Å²) < 4.78 is 19.0. The second-order valence-corrected chi connectivity index (χ2v) is 5.83. The highest BCUT2D eigenvalue weighted by Crippen LogP contribution is 2.33. The van der Waals surface area contributed by atoms with Crippen LogP contribution in [-0.2, 0) is 4.79 Å². The summed E-state index contributed by atoms with van der Waals surface area (Å²) in [5.41, 5.74) is 6.10. The smallest absolute Gasteiger partial charge is 0.227 e. The van der Waals surface area contributed by atoms with Gasteiger partial charge < -0.3 is 15.8 Å². The largest absolute Gasteiger partial charge is 0.489 e. The van der Waals surface area contributed by atoms with Crippen molar-refractivity contribution >= 4 is 11.6 Å². The van der Waals surface area contributed by atoms with E-state index in [9.17, 15) is 9.18 Å². The maximum Gasteiger partial charge on any atom is 0.227 e. The predicted octanol–water partition coefficient (Wildman–Crippen LogP) is 2.93. The Morgan fingerprint density at radius 1 is 1.48 bits per heavy atom. The minimum atomic E-state index is -0.400. The highest BCUT2D eigenvalue weighted by Gasteiger charge is 2.32. The van der Waals surface area contributed by atoms with Crippen LogP contribution in [0.1, 0.15) is 33.1 Å². The van der Waals surface area contributed by atoms with Crippen LogP contribution in [0.3, 0.4) is 0 Å². The molecule has 4 nitrogen and oxygen atoms in total. The first-order chi connectivity index (χ1) is 10.0. The standard InChI is InChI=1S/C16H23FN2O2/c1-10(2)21-15-7-6-12(17)8-14(15)19-16(20)13-5-3-4-11(13)9-18/h6-8,10-11,13H,3-5,9,18H2,1-2H3,(H,19,20)/t11-,13-/m1/s1. The zero-order valence-electron chi connectivity index (χ0n) is 12.6. The molecule has 0 saturated heterocycles. The lowest BCUT2D eigenvalue weighted by Gasteiger charge is -2.19. The molecule has 0 aliphatic heterocycles. The van der Waals surface area contributed by atoms with Crippen LogP contribution in [-0.4, -0.2) is 18.6 Å². The van der Waals surface area contributed by atoms with Gasteiger partial charge in [0.2, 0.25) is 5.91 Å². The quantitative estimate of drug-likeness (QED) is 0.877. The average Bonchev–Trinajstić information content (AvgIpc) is 2.90. The number of ether oxygens (including phenoxy) is 1. The summed E-state index contributed by atoms with van der Waals surface area (Å²) >= 11 is 0. The topological polar surface area (TPSA) is 64.3 Å². The molecule has 3 N–H and O–H groups in total. The first-order valence-corrected chi connectivity index (χ1v) is 7.48.